The minimum absolute atomic E-state index is 0.00228. The van der Waals surface area contributed by atoms with Crippen LogP contribution in [0.5, 0.6) is 11.5 Å². The minimum Gasteiger partial charge on any atom is -0.493 e. The van der Waals surface area contributed by atoms with Gasteiger partial charge in [-0.2, -0.15) is 8.78 Å². The summed E-state index contributed by atoms with van der Waals surface area (Å²) in [6, 6.07) is 4.98. The number of benzene rings is 1. The van der Waals surface area contributed by atoms with Gasteiger partial charge in [-0.3, -0.25) is 4.79 Å². The molecular weight excluding hydrogens is 408 g/mol. The first kappa shape index (κ1) is 22.3. The first-order valence-corrected chi connectivity index (χ1v) is 10.9. The molecule has 1 heterocycles. The number of carbonyl (C=O) groups excluding carboxylic acids is 1. The lowest BCUT2D eigenvalue weighted by molar-refractivity contribution is -0.137. The highest BCUT2D eigenvalue weighted by Gasteiger charge is 2.68. The summed E-state index contributed by atoms with van der Waals surface area (Å²) >= 11 is 0. The van der Waals surface area contributed by atoms with Gasteiger partial charge in [-0.05, 0) is 59.6 Å². The summed E-state index contributed by atoms with van der Waals surface area (Å²) in [5.74, 6) is 0.765. The maximum Gasteiger partial charge on any atom is 0.387 e. The Bertz CT molecular complexity index is 832. The van der Waals surface area contributed by atoms with Crippen molar-refractivity contribution in [1.29, 1.82) is 0 Å². The summed E-state index contributed by atoms with van der Waals surface area (Å²) in [4.78, 5) is 12.4. The average molecular weight is 439 g/mol. The van der Waals surface area contributed by atoms with Gasteiger partial charge in [0, 0.05) is 19.1 Å². The molecule has 2 saturated carbocycles. The largest absolute Gasteiger partial charge is 0.493 e. The van der Waals surface area contributed by atoms with Crippen LogP contribution >= 0.6 is 0 Å². The van der Waals surface area contributed by atoms with Crippen LogP contribution in [-0.4, -0.2) is 44.0 Å². The predicted octanol–water partition coefficient (Wildman–Crippen LogP) is 3.68. The Morgan fingerprint density at radius 2 is 2.13 bits per heavy atom. The third-order valence-corrected chi connectivity index (χ3v) is 7.88. The van der Waals surface area contributed by atoms with E-state index in [-0.39, 0.29) is 59.3 Å². The number of aliphatic hydroxyl groups excluding tert-OH is 1. The molecule has 1 amide bonds. The standard InChI is InChI=1S/C23H31F2NO5/c1-22(2)14-11-15-19(13-4-5-16(31-21(24)25)17(10-13)29-3)30-9-7-23(15,12-14)20(22)26-18(28)6-8-27/h4-5,10,14-15,19-21,27H,6-9,11-12H2,1-3H3,(H,26,28)/t14-,15-,19-,20-,23?/m1/s1. The van der Waals surface area contributed by atoms with Gasteiger partial charge in [-0.1, -0.05) is 19.9 Å². The van der Waals surface area contributed by atoms with Crippen LogP contribution in [0.15, 0.2) is 18.2 Å². The monoisotopic (exact) mass is 439 g/mol. The van der Waals surface area contributed by atoms with Crippen molar-refractivity contribution in [2.75, 3.05) is 20.3 Å². The van der Waals surface area contributed by atoms with Gasteiger partial charge in [0.25, 0.3) is 0 Å². The number of ether oxygens (including phenoxy) is 3. The number of hydrogen-bond donors (Lipinski definition) is 2. The zero-order valence-electron chi connectivity index (χ0n) is 18.2. The molecule has 1 spiro atoms. The number of hydrogen-bond acceptors (Lipinski definition) is 5. The molecule has 5 atom stereocenters. The van der Waals surface area contributed by atoms with Gasteiger partial charge < -0.3 is 24.6 Å². The van der Waals surface area contributed by atoms with Crippen molar-refractivity contribution in [2.45, 2.75) is 58.3 Å². The van der Waals surface area contributed by atoms with Crippen molar-refractivity contribution >= 4 is 5.91 Å². The number of halogens is 2. The molecule has 1 aliphatic heterocycles. The van der Waals surface area contributed by atoms with Crippen molar-refractivity contribution in [3.63, 3.8) is 0 Å². The first-order chi connectivity index (χ1) is 14.7. The molecule has 3 aliphatic rings. The third kappa shape index (κ3) is 3.67. The van der Waals surface area contributed by atoms with Gasteiger partial charge in [0.2, 0.25) is 5.91 Å². The second kappa shape index (κ2) is 8.20. The Morgan fingerprint density at radius 3 is 2.81 bits per heavy atom. The summed E-state index contributed by atoms with van der Waals surface area (Å²) in [6.45, 7) is 1.91. The summed E-state index contributed by atoms with van der Waals surface area (Å²) in [7, 11) is 1.42. The van der Waals surface area contributed by atoms with Crippen LogP contribution in [0.1, 0.15) is 51.2 Å². The molecule has 1 aromatic carbocycles. The molecule has 1 aromatic rings. The number of nitrogens with one attached hydrogen (secondary N) is 1. The summed E-state index contributed by atoms with van der Waals surface area (Å²) < 4.78 is 41.4. The van der Waals surface area contributed by atoms with Crippen molar-refractivity contribution in [3.8, 4) is 11.5 Å². The number of fused-ring (bicyclic) bond motifs is 1. The Kier molecular flexibility index (Phi) is 5.89. The number of rotatable bonds is 7. The van der Waals surface area contributed by atoms with E-state index in [0.717, 1.165) is 24.8 Å². The van der Waals surface area contributed by atoms with E-state index in [2.05, 4.69) is 23.9 Å². The van der Waals surface area contributed by atoms with Crippen LogP contribution in [0, 0.1) is 22.7 Å². The highest BCUT2D eigenvalue weighted by Crippen LogP contribution is 2.70. The van der Waals surface area contributed by atoms with Crippen LogP contribution < -0.4 is 14.8 Å². The Labute approximate surface area is 181 Å². The van der Waals surface area contributed by atoms with E-state index in [9.17, 15) is 18.7 Å². The lowest BCUT2D eigenvalue weighted by Gasteiger charge is -2.53. The molecule has 1 unspecified atom stereocenters. The normalized spacial score (nSPS) is 33.3. The Morgan fingerprint density at radius 1 is 1.35 bits per heavy atom. The first-order valence-electron chi connectivity index (χ1n) is 10.9. The molecular formula is C23H31F2NO5. The van der Waals surface area contributed by atoms with Crippen molar-refractivity contribution in [1.82, 2.24) is 5.32 Å². The molecule has 172 valence electrons. The Hall–Kier alpha value is -1.93. The maximum absolute atomic E-state index is 12.7. The molecule has 2 N–H and O–H groups in total. The molecule has 2 bridgehead atoms. The molecule has 3 fully saturated rings. The van der Waals surface area contributed by atoms with E-state index in [0.29, 0.717) is 12.5 Å². The number of amides is 1. The zero-order chi connectivity index (χ0) is 22.4. The molecule has 0 radical (unpaired) electrons. The zero-order valence-corrected chi connectivity index (χ0v) is 18.2. The van der Waals surface area contributed by atoms with Crippen LogP contribution in [-0.2, 0) is 9.53 Å². The smallest absolute Gasteiger partial charge is 0.387 e. The highest BCUT2D eigenvalue weighted by atomic mass is 19.3. The van der Waals surface area contributed by atoms with E-state index < -0.39 is 6.61 Å². The fraction of sp³-hybridized carbons (Fsp3) is 0.696. The summed E-state index contributed by atoms with van der Waals surface area (Å²) in [5.41, 5.74) is 0.734. The maximum atomic E-state index is 12.7. The number of aliphatic hydroxyl groups is 1. The van der Waals surface area contributed by atoms with E-state index in [1.54, 1.807) is 12.1 Å². The van der Waals surface area contributed by atoms with Crippen LogP contribution in [0.2, 0.25) is 0 Å². The second-order valence-corrected chi connectivity index (χ2v) is 9.60. The van der Waals surface area contributed by atoms with Gasteiger partial charge in [-0.15, -0.1) is 0 Å². The number of alkyl halides is 2. The molecule has 31 heavy (non-hydrogen) atoms. The SMILES string of the molecule is COc1cc([C@H]2OCCC34C[C@@H](C[C@H]23)C(C)(C)[C@H]4NC(=O)CCO)ccc1OC(F)F. The third-order valence-electron chi connectivity index (χ3n) is 7.88. The molecule has 0 aromatic heterocycles. The van der Waals surface area contributed by atoms with Crippen LogP contribution in [0.25, 0.3) is 0 Å². The molecule has 2 aliphatic carbocycles. The van der Waals surface area contributed by atoms with Gasteiger partial charge in [0.1, 0.15) is 0 Å². The predicted molar refractivity (Wildman–Crippen MR) is 109 cm³/mol. The Balaban J connectivity index is 1.64. The number of carbonyl (C=O) groups is 1. The van der Waals surface area contributed by atoms with Gasteiger partial charge >= 0.3 is 6.61 Å². The highest BCUT2D eigenvalue weighted by molar-refractivity contribution is 5.76. The fourth-order valence-corrected chi connectivity index (χ4v) is 6.51. The molecule has 4 rings (SSSR count). The number of methoxy groups -OCH3 is 1. The fourth-order valence-electron chi connectivity index (χ4n) is 6.51. The van der Waals surface area contributed by atoms with Crippen molar-refractivity contribution < 1.29 is 32.9 Å². The molecule has 8 heteroatoms. The molecule has 1 saturated heterocycles. The lowest BCUT2D eigenvalue weighted by atomic mass is 9.59. The summed E-state index contributed by atoms with van der Waals surface area (Å²) in [6.07, 6.45) is 2.77. The van der Waals surface area contributed by atoms with E-state index in [1.165, 1.54) is 13.2 Å². The quantitative estimate of drug-likeness (QED) is 0.678. The second-order valence-electron chi connectivity index (χ2n) is 9.60. The minimum atomic E-state index is -2.93. The average Bonchev–Trinajstić information content (AvgIpc) is 3.20. The molecule has 6 nitrogen and oxygen atoms in total. The van der Waals surface area contributed by atoms with E-state index >= 15 is 0 Å². The lowest BCUT2D eigenvalue weighted by Crippen LogP contribution is -2.59. The van der Waals surface area contributed by atoms with Gasteiger partial charge in [0.15, 0.2) is 11.5 Å². The van der Waals surface area contributed by atoms with Crippen molar-refractivity contribution in [3.05, 3.63) is 23.8 Å². The summed E-state index contributed by atoms with van der Waals surface area (Å²) in [5, 5.41) is 12.4. The van der Waals surface area contributed by atoms with Gasteiger partial charge in [-0.25, -0.2) is 0 Å². The van der Waals surface area contributed by atoms with Gasteiger partial charge in [0.05, 0.1) is 19.8 Å². The topological polar surface area (TPSA) is 77.0 Å². The van der Waals surface area contributed by atoms with Crippen LogP contribution in [0.4, 0.5) is 8.78 Å². The van der Waals surface area contributed by atoms with E-state index in [4.69, 9.17) is 9.47 Å². The van der Waals surface area contributed by atoms with Crippen LogP contribution in [0.3, 0.4) is 0 Å². The van der Waals surface area contributed by atoms with E-state index in [1.807, 2.05) is 0 Å². The van der Waals surface area contributed by atoms with Crippen molar-refractivity contribution in [2.24, 2.45) is 22.7 Å².